The third-order valence-electron chi connectivity index (χ3n) is 4.75. The lowest BCUT2D eigenvalue weighted by Gasteiger charge is -2.26. The van der Waals surface area contributed by atoms with E-state index < -0.39 is 29.9 Å². The van der Waals surface area contributed by atoms with Gasteiger partial charge in [-0.3, -0.25) is 9.59 Å². The Hall–Kier alpha value is -3.13. The average Bonchev–Trinajstić information content (AvgIpc) is 2.79. The standard InChI is InChI=1S/C24H31NO7/c1-5-13-30-15-21(17(3)31-18-9-7-6-8-10-18)32-24(28)16(2)14-19(26)22-23(27)20(29-4)11-12-25-22/h6-12,16-17,21,27H,5,13-15H2,1-4H3/t16-,17+,21-/m1/s1. The van der Waals surface area contributed by atoms with Crippen LogP contribution in [0.5, 0.6) is 17.2 Å². The summed E-state index contributed by atoms with van der Waals surface area (Å²) in [7, 11) is 1.38. The molecule has 1 aromatic carbocycles. The molecule has 2 aromatic rings. The third kappa shape index (κ3) is 7.23. The second kappa shape index (κ2) is 12.7. The molecule has 0 aliphatic carbocycles. The monoisotopic (exact) mass is 445 g/mol. The van der Waals surface area contributed by atoms with Crippen LogP contribution >= 0.6 is 0 Å². The number of aromatic nitrogens is 1. The molecule has 3 atom stereocenters. The first-order valence-corrected chi connectivity index (χ1v) is 10.6. The van der Waals surface area contributed by atoms with Crippen LogP contribution < -0.4 is 9.47 Å². The zero-order chi connectivity index (χ0) is 23.5. The molecule has 0 bridgehead atoms. The van der Waals surface area contributed by atoms with E-state index >= 15 is 0 Å². The number of ketones is 1. The highest BCUT2D eigenvalue weighted by atomic mass is 16.6. The summed E-state index contributed by atoms with van der Waals surface area (Å²) < 4.78 is 22.2. The first-order valence-electron chi connectivity index (χ1n) is 10.6. The smallest absolute Gasteiger partial charge is 0.309 e. The number of carbonyl (C=O) groups is 2. The summed E-state index contributed by atoms with van der Waals surface area (Å²) in [6, 6.07) is 10.7. The normalized spacial score (nSPS) is 13.6. The van der Waals surface area contributed by atoms with Crippen LogP contribution in [0.15, 0.2) is 42.6 Å². The van der Waals surface area contributed by atoms with Gasteiger partial charge in [0.25, 0.3) is 0 Å². The number of ether oxygens (including phenoxy) is 4. The highest BCUT2D eigenvalue weighted by Crippen LogP contribution is 2.29. The molecular weight excluding hydrogens is 414 g/mol. The van der Waals surface area contributed by atoms with Crippen molar-refractivity contribution in [2.45, 2.75) is 45.8 Å². The number of hydrogen-bond acceptors (Lipinski definition) is 8. The van der Waals surface area contributed by atoms with E-state index in [2.05, 4.69) is 4.98 Å². The lowest BCUT2D eigenvalue weighted by Crippen LogP contribution is -2.39. The second-order valence-electron chi connectivity index (χ2n) is 7.43. The number of rotatable bonds is 13. The molecule has 8 nitrogen and oxygen atoms in total. The van der Waals surface area contributed by atoms with Crippen LogP contribution in [0.1, 0.15) is 44.1 Å². The summed E-state index contributed by atoms with van der Waals surface area (Å²) in [6.07, 6.45) is 0.887. The molecule has 0 saturated heterocycles. The van der Waals surface area contributed by atoms with Crippen molar-refractivity contribution in [3.8, 4) is 17.2 Å². The molecule has 1 heterocycles. The maximum Gasteiger partial charge on any atom is 0.309 e. The fraction of sp³-hybridized carbons (Fsp3) is 0.458. The number of nitrogens with zero attached hydrogens (tertiary/aromatic N) is 1. The highest BCUT2D eigenvalue weighted by Gasteiger charge is 2.29. The van der Waals surface area contributed by atoms with Crippen LogP contribution in [0, 0.1) is 5.92 Å². The van der Waals surface area contributed by atoms with Crippen molar-refractivity contribution in [3.05, 3.63) is 48.3 Å². The number of Topliss-reactive ketones (excluding diaryl/α,β-unsaturated/α-hetero) is 1. The van der Waals surface area contributed by atoms with Crippen molar-refractivity contribution in [3.63, 3.8) is 0 Å². The zero-order valence-corrected chi connectivity index (χ0v) is 18.9. The first-order chi connectivity index (χ1) is 15.4. The van der Waals surface area contributed by atoms with E-state index in [4.69, 9.17) is 18.9 Å². The molecule has 174 valence electrons. The van der Waals surface area contributed by atoms with Crippen LogP contribution in [0.25, 0.3) is 0 Å². The Kier molecular flexibility index (Phi) is 9.94. The topological polar surface area (TPSA) is 104 Å². The van der Waals surface area contributed by atoms with Crippen LogP contribution in [0.3, 0.4) is 0 Å². The Bertz CT molecular complexity index is 872. The summed E-state index contributed by atoms with van der Waals surface area (Å²) in [6.45, 7) is 6.08. The zero-order valence-electron chi connectivity index (χ0n) is 18.9. The van der Waals surface area contributed by atoms with Gasteiger partial charge in [-0.2, -0.15) is 0 Å². The predicted molar refractivity (Wildman–Crippen MR) is 118 cm³/mol. The van der Waals surface area contributed by atoms with Crippen molar-refractivity contribution >= 4 is 11.8 Å². The van der Waals surface area contributed by atoms with E-state index in [9.17, 15) is 14.7 Å². The number of esters is 1. The van der Waals surface area contributed by atoms with Gasteiger partial charge in [-0.1, -0.05) is 32.0 Å². The average molecular weight is 446 g/mol. The minimum atomic E-state index is -0.757. The summed E-state index contributed by atoms with van der Waals surface area (Å²) in [5.74, 6) is -1.37. The fourth-order valence-electron chi connectivity index (χ4n) is 2.93. The fourth-order valence-corrected chi connectivity index (χ4v) is 2.93. The molecule has 2 rings (SSSR count). The van der Waals surface area contributed by atoms with E-state index in [0.717, 1.165) is 6.42 Å². The van der Waals surface area contributed by atoms with Crippen LogP contribution in [0.2, 0.25) is 0 Å². The molecule has 0 aliphatic rings. The van der Waals surface area contributed by atoms with Crippen molar-refractivity contribution in [2.24, 2.45) is 5.92 Å². The summed E-state index contributed by atoms with van der Waals surface area (Å²) in [4.78, 5) is 29.2. The SMILES string of the molecule is CCCOC[C@@H](OC(=O)[C@H](C)CC(=O)c1nccc(OC)c1O)[C@H](C)Oc1ccccc1. The number of benzene rings is 1. The predicted octanol–water partition coefficient (Wildman–Crippen LogP) is 3.81. The van der Waals surface area contributed by atoms with E-state index in [1.165, 1.54) is 19.4 Å². The lowest BCUT2D eigenvalue weighted by molar-refractivity contribution is -0.162. The molecular formula is C24H31NO7. The lowest BCUT2D eigenvalue weighted by atomic mass is 10.0. The van der Waals surface area contributed by atoms with Crippen LogP contribution in [-0.2, 0) is 14.3 Å². The molecule has 32 heavy (non-hydrogen) atoms. The van der Waals surface area contributed by atoms with Crippen molar-refractivity contribution < 1.29 is 33.6 Å². The molecule has 8 heteroatoms. The minimum Gasteiger partial charge on any atom is -0.503 e. The van der Waals surface area contributed by atoms with E-state index in [0.29, 0.717) is 12.4 Å². The minimum absolute atomic E-state index is 0.138. The number of methoxy groups -OCH3 is 1. The van der Waals surface area contributed by atoms with Crippen molar-refractivity contribution in [1.29, 1.82) is 0 Å². The molecule has 0 saturated carbocycles. The third-order valence-corrected chi connectivity index (χ3v) is 4.75. The highest BCUT2D eigenvalue weighted by molar-refractivity contribution is 5.99. The number of pyridine rings is 1. The van der Waals surface area contributed by atoms with Gasteiger partial charge in [0.2, 0.25) is 0 Å². The van der Waals surface area contributed by atoms with Gasteiger partial charge in [0.05, 0.1) is 19.6 Å². The van der Waals surface area contributed by atoms with Gasteiger partial charge in [-0.05, 0) is 25.5 Å². The molecule has 0 radical (unpaired) electrons. The molecule has 1 N–H and O–H groups in total. The number of hydrogen-bond donors (Lipinski definition) is 1. The largest absolute Gasteiger partial charge is 0.503 e. The Morgan fingerprint density at radius 2 is 1.84 bits per heavy atom. The number of carbonyl (C=O) groups excluding carboxylic acids is 2. The molecule has 0 spiro atoms. The summed E-state index contributed by atoms with van der Waals surface area (Å²) >= 11 is 0. The molecule has 0 amide bonds. The number of para-hydroxylation sites is 1. The first kappa shape index (κ1) is 25.1. The van der Waals surface area contributed by atoms with Crippen molar-refractivity contribution in [1.82, 2.24) is 4.98 Å². The number of aromatic hydroxyl groups is 1. The summed E-state index contributed by atoms with van der Waals surface area (Å²) in [5.41, 5.74) is -0.146. The van der Waals surface area contributed by atoms with Crippen LogP contribution in [-0.4, -0.2) is 54.4 Å². The van der Waals surface area contributed by atoms with Gasteiger partial charge >= 0.3 is 5.97 Å². The van der Waals surface area contributed by atoms with E-state index in [-0.39, 0.29) is 30.2 Å². The van der Waals surface area contributed by atoms with E-state index in [1.54, 1.807) is 13.8 Å². The van der Waals surface area contributed by atoms with Crippen LogP contribution in [0.4, 0.5) is 0 Å². The maximum absolute atomic E-state index is 12.7. The van der Waals surface area contributed by atoms with Gasteiger partial charge in [-0.15, -0.1) is 0 Å². The second-order valence-corrected chi connectivity index (χ2v) is 7.43. The maximum atomic E-state index is 12.7. The molecule has 1 aromatic heterocycles. The van der Waals surface area contributed by atoms with Gasteiger partial charge in [0.15, 0.2) is 29.1 Å². The molecule has 0 aliphatic heterocycles. The Labute approximate surface area is 188 Å². The molecule has 0 fully saturated rings. The van der Waals surface area contributed by atoms with Gasteiger partial charge in [0.1, 0.15) is 11.9 Å². The Morgan fingerprint density at radius 1 is 1.12 bits per heavy atom. The van der Waals surface area contributed by atoms with Gasteiger partial charge in [-0.25, -0.2) is 4.98 Å². The quantitative estimate of drug-likeness (QED) is 0.282. The summed E-state index contributed by atoms with van der Waals surface area (Å²) in [5, 5.41) is 10.1. The Morgan fingerprint density at radius 3 is 2.50 bits per heavy atom. The molecule has 0 unspecified atom stereocenters. The van der Waals surface area contributed by atoms with E-state index in [1.807, 2.05) is 37.3 Å². The van der Waals surface area contributed by atoms with Gasteiger partial charge in [0, 0.05) is 25.3 Å². The Balaban J connectivity index is 2.02. The van der Waals surface area contributed by atoms with Crippen molar-refractivity contribution in [2.75, 3.05) is 20.3 Å². The van der Waals surface area contributed by atoms with Gasteiger partial charge < -0.3 is 24.1 Å².